The van der Waals surface area contributed by atoms with Crippen molar-refractivity contribution >= 4 is 16.1 Å². The summed E-state index contributed by atoms with van der Waals surface area (Å²) in [6.07, 6.45) is 1.26. The molecule has 0 unspecified atom stereocenters. The summed E-state index contributed by atoms with van der Waals surface area (Å²) < 4.78 is 31.1. The first-order valence-electron chi connectivity index (χ1n) is 5.84. The highest BCUT2D eigenvalue weighted by molar-refractivity contribution is 7.86. The Hall–Kier alpha value is -0.700. The largest absolute Gasteiger partial charge is 0.375 e. The van der Waals surface area contributed by atoms with Gasteiger partial charge in [0.1, 0.15) is 6.61 Å². The van der Waals surface area contributed by atoms with Crippen LogP contribution in [0.4, 0.5) is 0 Å². The number of rotatable bonds is 5. The standard InChI is InChI=1S/C10H21N3O4S/c1-12(2)18(15,16)13-6-4-9(5-7-13)11-10(14)8-17-3/h9H,4-8H2,1-3H3,(H,11,14). The molecule has 0 spiro atoms. The first-order valence-corrected chi connectivity index (χ1v) is 7.23. The predicted molar refractivity (Wildman–Crippen MR) is 67.2 cm³/mol. The number of hydrogen-bond donors (Lipinski definition) is 1. The van der Waals surface area contributed by atoms with E-state index >= 15 is 0 Å². The van der Waals surface area contributed by atoms with Crippen LogP contribution in [0.3, 0.4) is 0 Å². The number of nitrogens with one attached hydrogen (secondary N) is 1. The summed E-state index contributed by atoms with van der Waals surface area (Å²) in [6.45, 7) is 0.896. The van der Waals surface area contributed by atoms with Crippen LogP contribution in [0, 0.1) is 0 Å². The number of carbonyl (C=O) groups is 1. The molecule has 1 saturated heterocycles. The van der Waals surface area contributed by atoms with Gasteiger partial charge in [-0.1, -0.05) is 0 Å². The molecule has 0 aromatic carbocycles. The van der Waals surface area contributed by atoms with E-state index in [1.54, 1.807) is 0 Å². The van der Waals surface area contributed by atoms with Crippen molar-refractivity contribution in [3.63, 3.8) is 0 Å². The third kappa shape index (κ3) is 3.91. The van der Waals surface area contributed by atoms with Gasteiger partial charge in [-0.2, -0.15) is 17.0 Å². The Kier molecular flexibility index (Phi) is 5.51. The molecule has 0 saturated carbocycles. The summed E-state index contributed by atoms with van der Waals surface area (Å²) >= 11 is 0. The Balaban J connectivity index is 2.44. The molecule has 1 aliphatic rings. The molecule has 0 atom stereocenters. The molecule has 0 aliphatic carbocycles. The Morgan fingerprint density at radius 3 is 2.39 bits per heavy atom. The van der Waals surface area contributed by atoms with Gasteiger partial charge in [-0.3, -0.25) is 4.79 Å². The zero-order valence-electron chi connectivity index (χ0n) is 11.0. The van der Waals surface area contributed by atoms with Gasteiger partial charge in [0.2, 0.25) is 5.91 Å². The number of amides is 1. The maximum atomic E-state index is 11.9. The van der Waals surface area contributed by atoms with Crippen LogP contribution in [-0.2, 0) is 19.7 Å². The lowest BCUT2D eigenvalue weighted by atomic mass is 10.1. The van der Waals surface area contributed by atoms with E-state index in [4.69, 9.17) is 4.74 Å². The summed E-state index contributed by atoms with van der Waals surface area (Å²) in [7, 11) is 1.16. The molecule has 1 N–H and O–H groups in total. The van der Waals surface area contributed by atoms with Crippen molar-refractivity contribution in [2.45, 2.75) is 18.9 Å². The van der Waals surface area contributed by atoms with Crippen LogP contribution in [0.25, 0.3) is 0 Å². The van der Waals surface area contributed by atoms with Crippen LogP contribution < -0.4 is 5.32 Å². The lowest BCUT2D eigenvalue weighted by Crippen LogP contribution is -2.49. The van der Waals surface area contributed by atoms with Crippen molar-refractivity contribution in [2.24, 2.45) is 0 Å². The second-order valence-corrected chi connectivity index (χ2v) is 6.61. The molecule has 1 amide bonds. The van der Waals surface area contributed by atoms with Crippen molar-refractivity contribution in [3.05, 3.63) is 0 Å². The number of methoxy groups -OCH3 is 1. The Bertz CT molecular complexity index is 375. The number of nitrogens with zero attached hydrogens (tertiary/aromatic N) is 2. The zero-order valence-corrected chi connectivity index (χ0v) is 11.9. The van der Waals surface area contributed by atoms with Gasteiger partial charge in [0.25, 0.3) is 10.2 Å². The third-order valence-corrected chi connectivity index (χ3v) is 4.82. The van der Waals surface area contributed by atoms with Gasteiger partial charge < -0.3 is 10.1 Å². The molecule has 0 aromatic heterocycles. The Morgan fingerprint density at radius 2 is 1.94 bits per heavy atom. The van der Waals surface area contributed by atoms with Crippen LogP contribution in [0.5, 0.6) is 0 Å². The second kappa shape index (κ2) is 6.46. The third-order valence-electron chi connectivity index (χ3n) is 2.88. The highest BCUT2D eigenvalue weighted by atomic mass is 32.2. The number of hydrogen-bond acceptors (Lipinski definition) is 4. The van der Waals surface area contributed by atoms with E-state index < -0.39 is 10.2 Å². The molecule has 1 aliphatic heterocycles. The maximum Gasteiger partial charge on any atom is 0.281 e. The smallest absolute Gasteiger partial charge is 0.281 e. The minimum Gasteiger partial charge on any atom is -0.375 e. The average Bonchev–Trinajstić information content (AvgIpc) is 2.29. The molecule has 1 rings (SSSR count). The highest BCUT2D eigenvalue weighted by Crippen LogP contribution is 2.15. The van der Waals surface area contributed by atoms with E-state index in [1.165, 1.54) is 29.8 Å². The van der Waals surface area contributed by atoms with E-state index in [0.29, 0.717) is 25.9 Å². The Labute approximate surface area is 108 Å². The molecule has 18 heavy (non-hydrogen) atoms. The molecule has 106 valence electrons. The van der Waals surface area contributed by atoms with Gasteiger partial charge in [0.15, 0.2) is 0 Å². The highest BCUT2D eigenvalue weighted by Gasteiger charge is 2.29. The monoisotopic (exact) mass is 279 g/mol. The molecule has 0 aromatic rings. The minimum atomic E-state index is -3.33. The van der Waals surface area contributed by atoms with Crippen LogP contribution in [0.2, 0.25) is 0 Å². The Morgan fingerprint density at radius 1 is 1.39 bits per heavy atom. The summed E-state index contributed by atoms with van der Waals surface area (Å²) in [5, 5.41) is 2.82. The van der Waals surface area contributed by atoms with Gasteiger partial charge >= 0.3 is 0 Å². The van der Waals surface area contributed by atoms with Gasteiger partial charge in [-0.05, 0) is 12.8 Å². The fraction of sp³-hybridized carbons (Fsp3) is 0.900. The number of carbonyl (C=O) groups excluding carboxylic acids is 1. The van der Waals surface area contributed by atoms with Crippen molar-refractivity contribution in [1.29, 1.82) is 0 Å². The van der Waals surface area contributed by atoms with Gasteiger partial charge in [-0.25, -0.2) is 0 Å². The van der Waals surface area contributed by atoms with Crippen molar-refractivity contribution in [3.8, 4) is 0 Å². The normalized spacial score (nSPS) is 19.1. The van der Waals surface area contributed by atoms with Crippen molar-refractivity contribution in [1.82, 2.24) is 13.9 Å². The van der Waals surface area contributed by atoms with E-state index in [0.717, 1.165) is 0 Å². The van der Waals surface area contributed by atoms with Crippen LogP contribution in [-0.4, -0.2) is 69.9 Å². The molecule has 0 bridgehead atoms. The summed E-state index contributed by atoms with van der Waals surface area (Å²) in [5.41, 5.74) is 0. The molecule has 7 nitrogen and oxygen atoms in total. The molecule has 1 heterocycles. The van der Waals surface area contributed by atoms with Gasteiger partial charge in [0.05, 0.1) is 0 Å². The predicted octanol–water partition coefficient (Wildman–Crippen LogP) is -0.980. The van der Waals surface area contributed by atoms with E-state index in [9.17, 15) is 13.2 Å². The first kappa shape index (κ1) is 15.4. The van der Waals surface area contributed by atoms with Crippen molar-refractivity contribution in [2.75, 3.05) is 40.9 Å². The first-order chi connectivity index (χ1) is 8.37. The second-order valence-electron chi connectivity index (χ2n) is 4.46. The molecule has 1 fully saturated rings. The SMILES string of the molecule is COCC(=O)NC1CCN(S(=O)(=O)N(C)C)CC1. The number of ether oxygens (including phenoxy) is 1. The van der Waals surface area contributed by atoms with E-state index in [1.807, 2.05) is 0 Å². The minimum absolute atomic E-state index is 0.0289. The fourth-order valence-electron chi connectivity index (χ4n) is 1.86. The van der Waals surface area contributed by atoms with Crippen molar-refractivity contribution < 1.29 is 17.9 Å². The lowest BCUT2D eigenvalue weighted by Gasteiger charge is -2.33. The van der Waals surface area contributed by atoms with Gasteiger partial charge in [-0.15, -0.1) is 0 Å². The van der Waals surface area contributed by atoms with Gasteiger partial charge in [0, 0.05) is 40.3 Å². The molecule has 0 radical (unpaired) electrons. The zero-order chi connectivity index (χ0) is 13.8. The molecule has 8 heteroatoms. The van der Waals surface area contributed by atoms with Crippen LogP contribution in [0.1, 0.15) is 12.8 Å². The average molecular weight is 279 g/mol. The van der Waals surface area contributed by atoms with Crippen LogP contribution in [0.15, 0.2) is 0 Å². The summed E-state index contributed by atoms with van der Waals surface area (Å²) in [4.78, 5) is 11.3. The van der Waals surface area contributed by atoms with E-state index in [2.05, 4.69) is 5.32 Å². The molecular weight excluding hydrogens is 258 g/mol. The van der Waals surface area contributed by atoms with Crippen LogP contribution >= 0.6 is 0 Å². The van der Waals surface area contributed by atoms with E-state index in [-0.39, 0.29) is 18.6 Å². The topological polar surface area (TPSA) is 79.0 Å². The molecular formula is C10H21N3O4S. The maximum absolute atomic E-state index is 11.9. The lowest BCUT2D eigenvalue weighted by molar-refractivity contribution is -0.125. The summed E-state index contributed by atoms with van der Waals surface area (Å²) in [6, 6.07) is 0.0289. The number of piperidine rings is 1. The summed E-state index contributed by atoms with van der Waals surface area (Å²) in [5.74, 6) is -0.161. The quantitative estimate of drug-likeness (QED) is 0.701. The fourth-order valence-corrected chi connectivity index (χ4v) is 3.00.